The van der Waals surface area contributed by atoms with Crippen molar-refractivity contribution >= 4 is 87.0 Å². The molecule has 0 radical (unpaired) electrons. The molecule has 15 aromatic carbocycles. The molecule has 3 nitrogen and oxygen atoms in total. The van der Waals surface area contributed by atoms with Crippen LogP contribution in [-0.2, 0) is 0 Å². The van der Waals surface area contributed by atoms with E-state index >= 15 is 0 Å². The summed E-state index contributed by atoms with van der Waals surface area (Å²) >= 11 is 0. The Balaban J connectivity index is 0.000000171. The third-order valence-electron chi connectivity index (χ3n) is 16.2. The molecule has 3 heteroatoms. The molecular weight excluding hydrogens is 1090 g/mol. The van der Waals surface area contributed by atoms with Crippen LogP contribution in [0, 0.1) is 0 Å². The molecule has 0 amide bonds. The van der Waals surface area contributed by atoms with Gasteiger partial charge in [0.15, 0.2) is 0 Å². The summed E-state index contributed by atoms with van der Waals surface area (Å²) in [5.41, 5.74) is 6.75. The van der Waals surface area contributed by atoms with Crippen LogP contribution in [0.2, 0.25) is 0 Å². The number of fused-ring (bicyclic) bond motifs is 10. The summed E-state index contributed by atoms with van der Waals surface area (Å²) in [7, 11) is 0. The van der Waals surface area contributed by atoms with Gasteiger partial charge < -0.3 is 8.83 Å². The lowest BCUT2D eigenvalue weighted by Crippen LogP contribution is -1.91. The minimum absolute atomic E-state index is 0.0339. The summed E-state index contributed by atoms with van der Waals surface area (Å²) in [6.07, 6.45) is 1.48. The number of pyridine rings is 1. The van der Waals surface area contributed by atoms with Crippen molar-refractivity contribution < 1.29 is 45.8 Å². The summed E-state index contributed by atoms with van der Waals surface area (Å²) in [6, 6.07) is 34.5. The fourth-order valence-electron chi connectivity index (χ4n) is 12.4. The predicted octanol–water partition coefficient (Wildman–Crippen LogP) is 24.5. The van der Waals surface area contributed by atoms with Gasteiger partial charge in [-0.05, 0) is 158 Å². The van der Waals surface area contributed by atoms with Gasteiger partial charge in [-0.2, -0.15) is 0 Å². The van der Waals surface area contributed by atoms with Crippen LogP contribution < -0.4 is 0 Å². The summed E-state index contributed by atoms with van der Waals surface area (Å²) < 4.78 is 251. The molecule has 0 spiro atoms. The zero-order chi connectivity index (χ0) is 83.0. The summed E-state index contributed by atoms with van der Waals surface area (Å²) in [5.74, 6) is 0. The second-order valence-corrected chi connectivity index (χ2v) is 21.1. The monoisotopic (exact) mass is 1170 g/mol. The maximum Gasteiger partial charge on any atom is 0.136 e. The number of hydrogen-bond acceptors (Lipinski definition) is 3. The molecule has 0 aliphatic heterocycles. The molecule has 0 atom stereocenters. The highest BCUT2D eigenvalue weighted by Gasteiger charge is 2.23. The van der Waals surface area contributed by atoms with Crippen LogP contribution >= 0.6 is 0 Å². The molecule has 0 fully saturated rings. The van der Waals surface area contributed by atoms with Gasteiger partial charge in [0.25, 0.3) is 0 Å². The van der Waals surface area contributed by atoms with Crippen LogP contribution in [0.25, 0.3) is 176 Å². The molecular formula is C87H55NO2. The van der Waals surface area contributed by atoms with E-state index in [-0.39, 0.29) is 129 Å². The Morgan fingerprint density at radius 1 is 0.222 bits per heavy atom. The lowest BCUT2D eigenvalue weighted by molar-refractivity contribution is 0.668. The second-order valence-electron chi connectivity index (χ2n) is 21.1. The van der Waals surface area contributed by atoms with Crippen molar-refractivity contribution in [1.82, 2.24) is 4.98 Å². The summed E-state index contributed by atoms with van der Waals surface area (Å²) in [4.78, 5) is 4.51. The standard InChI is InChI=1S/C44H28O.C43H27NO/c1-3-13-30(14-4-1)41-34-17-7-9-19-36(34)42(37-20-10-8-18-35(37)41)32-25-23-29(24-26-32)33-27-28-40-44(38-21-11-12-22-39(38)45-40)43(33)31-15-5-2-6-16-31;1-2-12-29(13-3-1)40-32-14-4-6-16-34(32)41(35-17-7-5-15-33(35)40)30-23-21-28(22-24-30)31-25-26-39-43(36-18-8-9-20-38(36)45-39)42(31)37-19-10-11-27-44-37/h1-28H;1-27H/i7D,8D,9D,10D,17D,18D,19D,20D;1D,2D,3D,4D,5D,6D,7D,8D,9D,12D,13D,14D,15D,16D,17D,18D,20D,25D,26D. The van der Waals surface area contributed by atoms with E-state index < -0.39 is 144 Å². The number of para-hydroxylation sites is 2. The van der Waals surface area contributed by atoms with Crippen LogP contribution in [0.4, 0.5) is 0 Å². The Bertz CT molecular complexity index is 7230. The molecule has 0 unspecified atom stereocenters. The van der Waals surface area contributed by atoms with E-state index in [0.717, 1.165) is 44.2 Å². The highest BCUT2D eigenvalue weighted by molar-refractivity contribution is 6.24. The molecule has 0 aliphatic rings. The number of hydrogen-bond donors (Lipinski definition) is 0. The van der Waals surface area contributed by atoms with Crippen molar-refractivity contribution in [2.45, 2.75) is 0 Å². The van der Waals surface area contributed by atoms with Crippen LogP contribution in [0.1, 0.15) is 37.0 Å². The van der Waals surface area contributed by atoms with E-state index in [2.05, 4.69) is 23.2 Å². The van der Waals surface area contributed by atoms with E-state index in [0.29, 0.717) is 22.3 Å². The first kappa shape index (κ1) is 31.7. The fraction of sp³-hybridized carbons (Fsp3) is 0. The van der Waals surface area contributed by atoms with Gasteiger partial charge in [-0.25, -0.2) is 0 Å². The summed E-state index contributed by atoms with van der Waals surface area (Å²) in [6.45, 7) is 0. The molecule has 0 saturated heterocycles. The Hall–Kier alpha value is -11.9. The average Bonchev–Trinajstić information content (AvgIpc) is 1.56. The van der Waals surface area contributed by atoms with E-state index in [4.69, 9.17) is 36.2 Å². The Kier molecular flexibility index (Phi) is 7.77. The van der Waals surface area contributed by atoms with Crippen LogP contribution in [0.5, 0.6) is 0 Å². The molecule has 0 bridgehead atoms. The van der Waals surface area contributed by atoms with E-state index in [1.165, 1.54) is 30.5 Å². The molecule has 3 aromatic heterocycles. The normalized spacial score (nSPS) is 15.8. The minimum atomic E-state index is -0.782. The third kappa shape index (κ3) is 8.86. The first-order valence-corrected chi connectivity index (χ1v) is 28.5. The topological polar surface area (TPSA) is 39.2 Å². The van der Waals surface area contributed by atoms with Crippen LogP contribution in [0.3, 0.4) is 0 Å². The van der Waals surface area contributed by atoms with Gasteiger partial charge in [-0.3, -0.25) is 4.98 Å². The smallest absolute Gasteiger partial charge is 0.136 e. The largest absolute Gasteiger partial charge is 0.456 e. The van der Waals surface area contributed by atoms with Crippen molar-refractivity contribution in [2.24, 2.45) is 0 Å². The van der Waals surface area contributed by atoms with Crippen LogP contribution in [0.15, 0.2) is 342 Å². The highest BCUT2D eigenvalue weighted by Crippen LogP contribution is 2.49. The molecule has 3 heterocycles. The number of benzene rings is 15. The maximum absolute atomic E-state index is 9.30. The van der Waals surface area contributed by atoms with E-state index in [1.54, 1.807) is 42.5 Å². The molecule has 18 aromatic rings. The first-order chi connectivity index (χ1) is 55.9. The van der Waals surface area contributed by atoms with Crippen molar-refractivity contribution in [3.05, 3.63) is 333 Å². The zero-order valence-electron chi connectivity index (χ0n) is 73.9. The average molecular weight is 1170 g/mol. The maximum atomic E-state index is 9.30. The Morgan fingerprint density at radius 3 is 1.17 bits per heavy atom. The van der Waals surface area contributed by atoms with Gasteiger partial charge in [-0.1, -0.05) is 285 Å². The Labute approximate surface area is 558 Å². The molecule has 0 N–H and O–H groups in total. The molecule has 0 aliphatic carbocycles. The minimum Gasteiger partial charge on any atom is -0.456 e. The van der Waals surface area contributed by atoms with Gasteiger partial charge in [-0.15, -0.1) is 0 Å². The summed E-state index contributed by atoms with van der Waals surface area (Å²) in [5, 5.41) is 1.55. The molecule has 420 valence electrons. The van der Waals surface area contributed by atoms with Crippen LogP contribution in [-0.4, -0.2) is 4.98 Å². The third-order valence-corrected chi connectivity index (χ3v) is 16.2. The fourth-order valence-corrected chi connectivity index (χ4v) is 12.4. The van der Waals surface area contributed by atoms with Gasteiger partial charge in [0.1, 0.15) is 22.3 Å². The van der Waals surface area contributed by atoms with Gasteiger partial charge >= 0.3 is 0 Å². The number of aromatic nitrogens is 1. The van der Waals surface area contributed by atoms with Crippen molar-refractivity contribution in [3.63, 3.8) is 0 Å². The Morgan fingerprint density at radius 2 is 0.633 bits per heavy atom. The second kappa shape index (κ2) is 22.1. The lowest BCUT2D eigenvalue weighted by atomic mass is 9.85. The lowest BCUT2D eigenvalue weighted by Gasteiger charge is -2.18. The molecule has 90 heavy (non-hydrogen) atoms. The first-order valence-electron chi connectivity index (χ1n) is 42.0. The predicted molar refractivity (Wildman–Crippen MR) is 379 cm³/mol. The van der Waals surface area contributed by atoms with E-state index in [9.17, 15) is 9.60 Å². The SMILES string of the molecule is [2H]c1c([2H])c([2H])c(-c2c3c([2H])c([2H])c([2H])c([2H])c3c(-c3ccc(-c4c([2H])c([2H])c5oc6c([2H])c([2H])c([2H])c([2H])c6c5c4-c4ccccn4)cc3)c3c([2H])c([2H])c([2H])c([2H])c23)c([2H])c1[2H].[2H]c1c([2H])c([2H])c2c(-c3ccc(-c4ccc5oc6ccccc6c5c4-c4ccccc4)cc3)c3c([2H])c([2H])c([2H])c([2H])c3c(-c3ccccc3)c2c1[2H]. The zero-order valence-corrected chi connectivity index (χ0v) is 46.9. The highest BCUT2D eigenvalue weighted by atomic mass is 16.3. The number of furan rings is 2. The van der Waals surface area contributed by atoms with Crippen molar-refractivity contribution in [1.29, 1.82) is 0 Å². The number of rotatable bonds is 8. The number of nitrogens with zero attached hydrogens (tertiary/aromatic N) is 1. The van der Waals surface area contributed by atoms with E-state index in [1.807, 2.05) is 78.9 Å². The molecule has 18 rings (SSSR count). The van der Waals surface area contributed by atoms with Gasteiger partial charge in [0, 0.05) is 38.9 Å². The van der Waals surface area contributed by atoms with Crippen molar-refractivity contribution in [2.75, 3.05) is 0 Å². The van der Waals surface area contributed by atoms with Gasteiger partial charge in [0.2, 0.25) is 0 Å². The molecule has 0 saturated carbocycles. The van der Waals surface area contributed by atoms with Gasteiger partial charge in [0.05, 0.1) is 42.7 Å². The quantitative estimate of drug-likeness (QED) is 0.142. The van der Waals surface area contributed by atoms with Crippen molar-refractivity contribution in [3.8, 4) is 89.1 Å².